The largest absolute Gasteiger partial charge is 0.401 e. The summed E-state index contributed by atoms with van der Waals surface area (Å²) in [6.45, 7) is 1.93. The van der Waals surface area contributed by atoms with E-state index in [1.807, 2.05) is 6.92 Å². The van der Waals surface area contributed by atoms with E-state index in [2.05, 4.69) is 9.71 Å². The Bertz CT molecular complexity index is 934. The number of carbonyl (C=O) groups is 1. The number of aliphatic imine (C=N–C) groups is 1. The van der Waals surface area contributed by atoms with Gasteiger partial charge in [0.1, 0.15) is 11.9 Å². The van der Waals surface area contributed by atoms with E-state index in [1.54, 1.807) is 23.1 Å². The molecular formula is C20H27F3N4O3S. The third kappa shape index (κ3) is 5.97. The molecule has 0 saturated carbocycles. The number of amides is 1. The summed E-state index contributed by atoms with van der Waals surface area (Å²) in [4.78, 5) is 20.7. The van der Waals surface area contributed by atoms with Crippen LogP contribution in [0.5, 0.6) is 0 Å². The molecule has 0 unspecified atom stereocenters. The molecule has 1 aromatic carbocycles. The first-order chi connectivity index (χ1) is 14.6. The second-order valence-corrected chi connectivity index (χ2v) is 9.46. The Morgan fingerprint density at radius 1 is 1.19 bits per heavy atom. The fourth-order valence-corrected chi connectivity index (χ4v) is 5.08. The average molecular weight is 461 g/mol. The molecule has 0 spiro atoms. The Morgan fingerprint density at radius 2 is 1.94 bits per heavy atom. The second kappa shape index (κ2) is 9.56. The van der Waals surface area contributed by atoms with Gasteiger partial charge in [-0.25, -0.2) is 8.42 Å². The lowest BCUT2D eigenvalue weighted by Gasteiger charge is -2.25. The van der Waals surface area contributed by atoms with E-state index in [-0.39, 0.29) is 36.3 Å². The highest BCUT2D eigenvalue weighted by Crippen LogP contribution is 2.24. The van der Waals surface area contributed by atoms with E-state index in [0.717, 1.165) is 12.8 Å². The van der Waals surface area contributed by atoms with Gasteiger partial charge in [0.2, 0.25) is 5.91 Å². The maximum absolute atomic E-state index is 13.2. The summed E-state index contributed by atoms with van der Waals surface area (Å²) in [5.41, 5.74) is 0.420. The zero-order chi connectivity index (χ0) is 22.6. The first-order valence-corrected chi connectivity index (χ1v) is 11.9. The van der Waals surface area contributed by atoms with Crippen molar-refractivity contribution in [2.24, 2.45) is 4.99 Å². The summed E-state index contributed by atoms with van der Waals surface area (Å²) in [7, 11) is -3.72. The zero-order valence-electron chi connectivity index (χ0n) is 17.4. The molecule has 1 aromatic rings. The summed E-state index contributed by atoms with van der Waals surface area (Å²) in [5.74, 6) is -0.142. The minimum Gasteiger partial charge on any atom is -0.340 e. The molecule has 3 rings (SSSR count). The molecule has 1 saturated heterocycles. The lowest BCUT2D eigenvalue weighted by atomic mass is 10.1. The molecule has 2 aliphatic rings. The molecule has 2 heterocycles. The van der Waals surface area contributed by atoms with Crippen molar-refractivity contribution in [2.45, 2.75) is 49.7 Å². The fourth-order valence-electron chi connectivity index (χ4n) is 3.84. The Kier molecular flexibility index (Phi) is 7.25. The van der Waals surface area contributed by atoms with Gasteiger partial charge in [0, 0.05) is 31.7 Å². The fraction of sp³-hybridized carbons (Fsp3) is 0.600. The molecule has 1 amide bonds. The Hall–Kier alpha value is -2.14. The van der Waals surface area contributed by atoms with Gasteiger partial charge >= 0.3 is 6.18 Å². The van der Waals surface area contributed by atoms with Crippen molar-refractivity contribution in [1.29, 1.82) is 0 Å². The third-order valence-electron chi connectivity index (χ3n) is 5.37. The molecule has 0 radical (unpaired) electrons. The number of hydrogen-bond donors (Lipinski definition) is 1. The van der Waals surface area contributed by atoms with Crippen molar-refractivity contribution < 1.29 is 26.4 Å². The number of alkyl halides is 3. The number of benzene rings is 1. The monoisotopic (exact) mass is 460 g/mol. The van der Waals surface area contributed by atoms with Gasteiger partial charge in [-0.1, -0.05) is 31.9 Å². The topological polar surface area (TPSA) is 82.1 Å². The molecule has 7 nitrogen and oxygen atoms in total. The van der Waals surface area contributed by atoms with Crippen LogP contribution in [0.4, 0.5) is 13.2 Å². The summed E-state index contributed by atoms with van der Waals surface area (Å²) in [6.07, 6.45) is -1.85. The van der Waals surface area contributed by atoms with Crippen LogP contribution in [0, 0.1) is 0 Å². The predicted octanol–water partition coefficient (Wildman–Crippen LogP) is 2.38. The van der Waals surface area contributed by atoms with Crippen LogP contribution in [0.1, 0.15) is 38.2 Å². The number of amidine groups is 1. The molecule has 31 heavy (non-hydrogen) atoms. The second-order valence-electron chi connectivity index (χ2n) is 7.81. The summed E-state index contributed by atoms with van der Waals surface area (Å²) < 4.78 is 65.2. The number of fused-ring (bicyclic) bond motifs is 1. The van der Waals surface area contributed by atoms with Crippen LogP contribution in [-0.4, -0.2) is 74.9 Å². The van der Waals surface area contributed by atoms with Gasteiger partial charge in [0.15, 0.2) is 0 Å². The van der Waals surface area contributed by atoms with E-state index in [4.69, 9.17) is 0 Å². The van der Waals surface area contributed by atoms with Crippen LogP contribution in [0.3, 0.4) is 0 Å². The Labute approximate surface area is 180 Å². The van der Waals surface area contributed by atoms with E-state index in [0.29, 0.717) is 24.9 Å². The molecule has 172 valence electrons. The van der Waals surface area contributed by atoms with Gasteiger partial charge in [-0.15, -0.1) is 0 Å². The highest BCUT2D eigenvalue weighted by Gasteiger charge is 2.34. The Balaban J connectivity index is 1.78. The molecular weight excluding hydrogens is 433 g/mol. The van der Waals surface area contributed by atoms with Crippen molar-refractivity contribution >= 4 is 21.8 Å². The minimum atomic E-state index is -4.28. The Morgan fingerprint density at radius 3 is 2.65 bits per heavy atom. The lowest BCUT2D eigenvalue weighted by Crippen LogP contribution is -2.42. The van der Waals surface area contributed by atoms with E-state index < -0.39 is 28.8 Å². The summed E-state index contributed by atoms with van der Waals surface area (Å²) >= 11 is 0. The van der Waals surface area contributed by atoms with Crippen molar-refractivity contribution in [3.63, 3.8) is 0 Å². The van der Waals surface area contributed by atoms with Gasteiger partial charge in [-0.05, 0) is 25.0 Å². The minimum absolute atomic E-state index is 0.119. The number of nitrogens with one attached hydrogen (secondary N) is 1. The number of unbranched alkanes of at least 4 members (excludes halogenated alkanes) is 1. The van der Waals surface area contributed by atoms with E-state index in [9.17, 15) is 26.4 Å². The van der Waals surface area contributed by atoms with Crippen molar-refractivity contribution in [3.8, 4) is 0 Å². The number of hydrogen-bond acceptors (Lipinski definition) is 5. The van der Waals surface area contributed by atoms with Crippen molar-refractivity contribution in [3.05, 3.63) is 29.8 Å². The number of carbonyl (C=O) groups excluding carboxylic acids is 1. The normalized spacial score (nSPS) is 21.4. The number of sulfonamides is 1. The molecule has 0 aromatic heterocycles. The van der Waals surface area contributed by atoms with Gasteiger partial charge < -0.3 is 4.90 Å². The highest BCUT2D eigenvalue weighted by atomic mass is 32.2. The molecule has 0 aliphatic carbocycles. The van der Waals surface area contributed by atoms with Crippen molar-refractivity contribution in [2.75, 3.05) is 32.7 Å². The van der Waals surface area contributed by atoms with E-state index in [1.165, 1.54) is 11.0 Å². The number of rotatable bonds is 6. The lowest BCUT2D eigenvalue weighted by molar-refractivity contribution is -0.145. The standard InChI is InChI=1S/C20H27F3N4O3S/c1-2-3-8-16(24-18-15-7-4-5-9-17(15)31(29,30)25-18)19(28)27-11-6-10-26(12-13-27)14-20(21,22)23/h4-5,7,9,16H,2-3,6,8,10-14H2,1H3,(H,24,25)/t16-/m1/s1. The SMILES string of the molecule is CCCC[C@@H](N=C1NS(=O)(=O)c2ccccc21)C(=O)N1CCCN(CC(F)(F)F)CC1. The van der Waals surface area contributed by atoms with E-state index >= 15 is 0 Å². The van der Waals surface area contributed by atoms with Crippen molar-refractivity contribution in [1.82, 2.24) is 14.5 Å². The number of halogens is 3. The number of nitrogens with zero attached hydrogens (tertiary/aromatic N) is 3. The average Bonchev–Trinajstić information content (AvgIpc) is 2.83. The molecule has 11 heteroatoms. The zero-order valence-corrected chi connectivity index (χ0v) is 18.2. The summed E-state index contributed by atoms with van der Waals surface area (Å²) in [6, 6.07) is 5.63. The van der Waals surface area contributed by atoms with Gasteiger partial charge in [0.05, 0.1) is 11.4 Å². The van der Waals surface area contributed by atoms with Crippen LogP contribution >= 0.6 is 0 Å². The predicted molar refractivity (Wildman–Crippen MR) is 110 cm³/mol. The first kappa shape index (κ1) is 23.5. The molecule has 2 aliphatic heterocycles. The highest BCUT2D eigenvalue weighted by molar-refractivity contribution is 7.90. The van der Waals surface area contributed by atoms with Gasteiger partial charge in [-0.3, -0.25) is 19.4 Å². The third-order valence-corrected chi connectivity index (χ3v) is 6.76. The molecule has 1 N–H and O–H groups in total. The molecule has 1 fully saturated rings. The van der Waals surface area contributed by atoms with Crippen LogP contribution in [0.2, 0.25) is 0 Å². The molecule has 1 atom stereocenters. The first-order valence-electron chi connectivity index (χ1n) is 10.4. The van der Waals surface area contributed by atoms with Crippen LogP contribution in [0.25, 0.3) is 0 Å². The maximum atomic E-state index is 13.2. The maximum Gasteiger partial charge on any atom is 0.401 e. The van der Waals surface area contributed by atoms with Crippen LogP contribution in [-0.2, 0) is 14.8 Å². The van der Waals surface area contributed by atoms with Crippen LogP contribution in [0.15, 0.2) is 34.2 Å². The smallest absolute Gasteiger partial charge is 0.340 e. The van der Waals surface area contributed by atoms with Gasteiger partial charge in [0.25, 0.3) is 10.0 Å². The quantitative estimate of drug-likeness (QED) is 0.707. The molecule has 0 bridgehead atoms. The summed E-state index contributed by atoms with van der Waals surface area (Å²) in [5, 5.41) is 0. The van der Waals surface area contributed by atoms with Crippen LogP contribution < -0.4 is 4.72 Å². The van der Waals surface area contributed by atoms with Gasteiger partial charge in [-0.2, -0.15) is 13.2 Å².